The van der Waals surface area contributed by atoms with Gasteiger partial charge < -0.3 is 14.2 Å². The van der Waals surface area contributed by atoms with Crippen molar-refractivity contribution in [3.8, 4) is 0 Å². The highest BCUT2D eigenvalue weighted by Gasteiger charge is 2.22. The van der Waals surface area contributed by atoms with Crippen molar-refractivity contribution in [2.45, 2.75) is 33.2 Å². The number of para-hydroxylation sites is 2. The third kappa shape index (κ3) is 2.75. The Labute approximate surface area is 151 Å². The zero-order valence-electron chi connectivity index (χ0n) is 15.0. The molecule has 0 spiro atoms. The van der Waals surface area contributed by atoms with Crippen LogP contribution < -0.4 is 5.32 Å². The van der Waals surface area contributed by atoms with Crippen LogP contribution in [0, 0.1) is 6.92 Å². The second kappa shape index (κ2) is 6.33. The lowest BCUT2D eigenvalue weighted by molar-refractivity contribution is 0.0908. The number of amides is 1. The van der Waals surface area contributed by atoms with Crippen molar-refractivity contribution in [2.75, 3.05) is 0 Å². The van der Waals surface area contributed by atoms with Gasteiger partial charge in [0.1, 0.15) is 17.1 Å². The molecule has 0 radical (unpaired) electrons. The van der Waals surface area contributed by atoms with Gasteiger partial charge in [0.05, 0.1) is 0 Å². The Balaban J connectivity index is 1.61. The number of oxazole rings is 1. The van der Waals surface area contributed by atoms with E-state index in [9.17, 15) is 4.79 Å². The number of aromatic nitrogens is 1. The van der Waals surface area contributed by atoms with Gasteiger partial charge in [-0.05, 0) is 50.1 Å². The van der Waals surface area contributed by atoms with Crippen molar-refractivity contribution < 1.29 is 13.6 Å². The molecule has 5 heteroatoms. The van der Waals surface area contributed by atoms with Crippen LogP contribution in [0.3, 0.4) is 0 Å². The lowest BCUT2D eigenvalue weighted by Gasteiger charge is -2.09. The Bertz CT molecular complexity index is 1070. The summed E-state index contributed by atoms with van der Waals surface area (Å²) in [6.45, 7) is 5.85. The van der Waals surface area contributed by atoms with Crippen molar-refractivity contribution in [1.29, 1.82) is 0 Å². The number of hydrogen-bond acceptors (Lipinski definition) is 4. The van der Waals surface area contributed by atoms with Gasteiger partial charge in [-0.3, -0.25) is 4.79 Å². The quantitative estimate of drug-likeness (QED) is 0.567. The summed E-state index contributed by atoms with van der Waals surface area (Å²) in [5.74, 6) is 0.532. The van der Waals surface area contributed by atoms with Crippen LogP contribution >= 0.6 is 0 Å². The van der Waals surface area contributed by atoms with Gasteiger partial charge >= 0.3 is 0 Å². The first-order valence-corrected chi connectivity index (χ1v) is 8.75. The minimum atomic E-state index is -0.367. The minimum Gasteiger partial charge on any atom is -0.451 e. The zero-order chi connectivity index (χ0) is 18.3. The van der Waals surface area contributed by atoms with E-state index in [1.165, 1.54) is 5.56 Å². The summed E-state index contributed by atoms with van der Waals surface area (Å²) in [5, 5.41) is 3.89. The van der Waals surface area contributed by atoms with Gasteiger partial charge in [0.25, 0.3) is 5.91 Å². The van der Waals surface area contributed by atoms with Gasteiger partial charge in [0, 0.05) is 10.9 Å². The molecule has 0 aliphatic heterocycles. The molecular weight excluding hydrogens is 328 g/mol. The van der Waals surface area contributed by atoms with E-state index in [2.05, 4.69) is 23.3 Å². The number of fused-ring (bicyclic) bond motifs is 2. The molecule has 132 valence electrons. The van der Waals surface area contributed by atoms with Gasteiger partial charge in [-0.1, -0.05) is 25.1 Å². The number of aryl methyl sites for hydroxylation is 2. The number of hydrogen-bond donors (Lipinski definition) is 1. The fraction of sp³-hybridized carbons (Fsp3) is 0.238. The van der Waals surface area contributed by atoms with Crippen LogP contribution in [0.15, 0.2) is 51.3 Å². The molecule has 1 N–H and O–H groups in total. The van der Waals surface area contributed by atoms with Crippen molar-refractivity contribution >= 4 is 28.0 Å². The average Bonchev–Trinajstić information content (AvgIpc) is 3.23. The third-order valence-corrected chi connectivity index (χ3v) is 4.64. The zero-order valence-corrected chi connectivity index (χ0v) is 15.0. The summed E-state index contributed by atoms with van der Waals surface area (Å²) in [4.78, 5) is 17.1. The number of carbonyl (C=O) groups excluding carboxylic acids is 1. The van der Waals surface area contributed by atoms with Crippen LogP contribution in [0.4, 0.5) is 0 Å². The summed E-state index contributed by atoms with van der Waals surface area (Å²) in [7, 11) is 0. The molecule has 1 amide bonds. The first-order valence-electron chi connectivity index (χ1n) is 8.75. The summed E-state index contributed by atoms with van der Waals surface area (Å²) in [6, 6.07) is 13.2. The summed E-state index contributed by atoms with van der Waals surface area (Å²) in [5.41, 5.74) is 4.26. The smallest absolute Gasteiger partial charge is 0.287 e. The number of benzene rings is 2. The molecule has 1 unspecified atom stereocenters. The highest BCUT2D eigenvalue weighted by Crippen LogP contribution is 2.27. The van der Waals surface area contributed by atoms with Crippen LogP contribution in [0.25, 0.3) is 22.1 Å². The van der Waals surface area contributed by atoms with E-state index in [1.54, 1.807) is 0 Å². The number of furan rings is 1. The summed E-state index contributed by atoms with van der Waals surface area (Å²) in [6.07, 6.45) is 0.941. The fourth-order valence-corrected chi connectivity index (χ4v) is 3.10. The maximum atomic E-state index is 12.7. The van der Waals surface area contributed by atoms with Crippen LogP contribution in [-0.2, 0) is 6.42 Å². The lowest BCUT2D eigenvalue weighted by Crippen LogP contribution is -2.27. The highest BCUT2D eigenvalue weighted by atomic mass is 16.4. The molecule has 0 aliphatic rings. The topological polar surface area (TPSA) is 68.3 Å². The Morgan fingerprint density at radius 1 is 1.15 bits per heavy atom. The molecule has 0 saturated carbocycles. The van der Waals surface area contributed by atoms with Gasteiger partial charge in [-0.2, -0.15) is 0 Å². The van der Waals surface area contributed by atoms with Crippen LogP contribution in [0.5, 0.6) is 0 Å². The van der Waals surface area contributed by atoms with E-state index in [0.717, 1.165) is 28.5 Å². The van der Waals surface area contributed by atoms with Gasteiger partial charge in [0.2, 0.25) is 5.89 Å². The van der Waals surface area contributed by atoms with Crippen molar-refractivity contribution in [3.63, 3.8) is 0 Å². The molecule has 0 aliphatic carbocycles. The molecule has 5 nitrogen and oxygen atoms in total. The first kappa shape index (κ1) is 16.4. The lowest BCUT2D eigenvalue weighted by atomic mass is 10.1. The highest BCUT2D eigenvalue weighted by molar-refractivity contribution is 5.99. The Hall–Kier alpha value is -3.08. The van der Waals surface area contributed by atoms with Crippen LogP contribution in [0.2, 0.25) is 0 Å². The maximum absolute atomic E-state index is 12.7. The second-order valence-corrected chi connectivity index (χ2v) is 6.46. The molecular formula is C21H20N2O3. The summed E-state index contributed by atoms with van der Waals surface area (Å²) < 4.78 is 11.5. The van der Waals surface area contributed by atoms with Crippen molar-refractivity contribution in [1.82, 2.24) is 10.3 Å². The number of carbonyl (C=O) groups is 1. The molecule has 2 aromatic carbocycles. The summed E-state index contributed by atoms with van der Waals surface area (Å²) >= 11 is 0. The molecule has 0 saturated heterocycles. The van der Waals surface area contributed by atoms with Gasteiger partial charge in [0.15, 0.2) is 11.3 Å². The first-order chi connectivity index (χ1) is 12.6. The number of nitrogens with one attached hydrogen (secondary N) is 1. The number of rotatable bonds is 4. The van der Waals surface area contributed by atoms with E-state index >= 15 is 0 Å². The molecule has 2 aromatic heterocycles. The Morgan fingerprint density at radius 3 is 2.73 bits per heavy atom. The minimum absolute atomic E-state index is 0.272. The number of nitrogens with zero attached hydrogens (tertiary/aromatic N) is 1. The maximum Gasteiger partial charge on any atom is 0.287 e. The Morgan fingerprint density at radius 2 is 1.96 bits per heavy atom. The van der Waals surface area contributed by atoms with E-state index in [1.807, 2.05) is 50.2 Å². The fourth-order valence-electron chi connectivity index (χ4n) is 3.10. The van der Waals surface area contributed by atoms with E-state index < -0.39 is 0 Å². The molecule has 4 aromatic rings. The average molecular weight is 348 g/mol. The largest absolute Gasteiger partial charge is 0.451 e. The second-order valence-electron chi connectivity index (χ2n) is 6.46. The standard InChI is InChI=1S/C21H20N2O3/c1-4-14-9-10-17-15(11-14)12(2)19(25-17)20(24)22-13(3)21-23-16-7-5-6-8-18(16)26-21/h5-11,13H,4H2,1-3H3,(H,22,24). The predicted octanol–water partition coefficient (Wildman–Crippen LogP) is 4.94. The van der Waals surface area contributed by atoms with Gasteiger partial charge in [-0.25, -0.2) is 4.98 Å². The Kier molecular flexibility index (Phi) is 3.99. The van der Waals surface area contributed by atoms with Crippen LogP contribution in [0.1, 0.15) is 47.5 Å². The molecule has 26 heavy (non-hydrogen) atoms. The van der Waals surface area contributed by atoms with Crippen molar-refractivity contribution in [2.24, 2.45) is 0 Å². The molecule has 4 rings (SSSR count). The van der Waals surface area contributed by atoms with Crippen molar-refractivity contribution in [3.05, 3.63) is 65.2 Å². The van der Waals surface area contributed by atoms with Gasteiger partial charge in [-0.15, -0.1) is 0 Å². The van der Waals surface area contributed by atoms with Crippen LogP contribution in [-0.4, -0.2) is 10.9 Å². The predicted molar refractivity (Wildman–Crippen MR) is 100 cm³/mol. The van der Waals surface area contributed by atoms with E-state index in [-0.39, 0.29) is 11.9 Å². The van der Waals surface area contributed by atoms with E-state index in [0.29, 0.717) is 17.2 Å². The van der Waals surface area contributed by atoms with E-state index in [4.69, 9.17) is 8.83 Å². The monoisotopic (exact) mass is 348 g/mol. The third-order valence-electron chi connectivity index (χ3n) is 4.64. The molecule has 1 atom stereocenters. The normalized spacial score (nSPS) is 12.6. The SMILES string of the molecule is CCc1ccc2oc(C(=O)NC(C)c3nc4ccccc4o3)c(C)c2c1. The molecule has 0 fully saturated rings. The molecule has 0 bridgehead atoms. The molecule has 2 heterocycles.